The summed E-state index contributed by atoms with van der Waals surface area (Å²) >= 11 is 7.22. The van der Waals surface area contributed by atoms with Crippen molar-refractivity contribution < 1.29 is 14.4 Å². The number of para-hydroxylation sites is 1. The minimum absolute atomic E-state index is 0.283. The number of aryl methyl sites for hydroxylation is 1. The van der Waals surface area contributed by atoms with Crippen LogP contribution in [-0.4, -0.2) is 33.1 Å². The van der Waals surface area contributed by atoms with Gasteiger partial charge in [0.1, 0.15) is 6.54 Å². The number of benzene rings is 3. The first-order valence-corrected chi connectivity index (χ1v) is 12.9. The highest BCUT2D eigenvalue weighted by Crippen LogP contribution is 2.34. The number of carbonyl (C=O) groups is 3. The van der Waals surface area contributed by atoms with Gasteiger partial charge in [-0.2, -0.15) is 0 Å². The monoisotopic (exact) mass is 529 g/mol. The zero-order valence-electron chi connectivity index (χ0n) is 20.3. The summed E-state index contributed by atoms with van der Waals surface area (Å²) in [5.41, 5.74) is 5.43. The number of aromatic nitrogens is 1. The molecule has 8 heteroatoms. The number of amides is 3. The van der Waals surface area contributed by atoms with Gasteiger partial charge in [-0.25, -0.2) is 0 Å². The van der Waals surface area contributed by atoms with Crippen molar-refractivity contribution in [1.29, 1.82) is 0 Å². The van der Waals surface area contributed by atoms with Crippen molar-refractivity contribution in [3.63, 3.8) is 0 Å². The second-order valence-corrected chi connectivity index (χ2v) is 10.3. The second kappa shape index (κ2) is 10.3. The molecule has 37 heavy (non-hydrogen) atoms. The first-order chi connectivity index (χ1) is 17.8. The van der Waals surface area contributed by atoms with Gasteiger partial charge >= 0.3 is 0 Å². The molecule has 1 aliphatic rings. The third kappa shape index (κ3) is 5.05. The molecule has 186 valence electrons. The fourth-order valence-corrected chi connectivity index (χ4v) is 5.35. The lowest BCUT2D eigenvalue weighted by molar-refractivity contribution is -0.127. The average Bonchev–Trinajstić information content (AvgIpc) is 3.35. The molecular formula is C29H24ClN3O3S. The fourth-order valence-electron chi connectivity index (χ4n) is 4.33. The van der Waals surface area contributed by atoms with Crippen LogP contribution in [0.1, 0.15) is 22.3 Å². The van der Waals surface area contributed by atoms with E-state index < -0.39 is 17.1 Å². The third-order valence-corrected chi connectivity index (χ3v) is 7.73. The Kier molecular flexibility index (Phi) is 6.91. The SMILES string of the molecule is Cc1cccc(NC(=O)CN2C(=O)S/C(=C/c3cn(Cc4ccccc4Cl)c4ccccc34)C2=O)c1C. The van der Waals surface area contributed by atoms with Gasteiger partial charge in [-0.3, -0.25) is 19.3 Å². The Hall–Kier alpha value is -3.81. The topological polar surface area (TPSA) is 71.4 Å². The average molecular weight is 530 g/mol. The molecule has 0 unspecified atom stereocenters. The highest BCUT2D eigenvalue weighted by atomic mass is 35.5. The molecule has 0 spiro atoms. The second-order valence-electron chi connectivity index (χ2n) is 8.88. The van der Waals surface area contributed by atoms with Gasteiger partial charge in [0.15, 0.2) is 0 Å². The number of nitrogens with zero attached hydrogens (tertiary/aromatic N) is 2. The highest BCUT2D eigenvalue weighted by Gasteiger charge is 2.36. The van der Waals surface area contributed by atoms with Gasteiger partial charge in [0, 0.05) is 39.9 Å². The van der Waals surface area contributed by atoms with Gasteiger partial charge < -0.3 is 9.88 Å². The maximum Gasteiger partial charge on any atom is 0.294 e. The number of thioether (sulfide) groups is 1. The lowest BCUT2D eigenvalue weighted by Crippen LogP contribution is -2.36. The molecule has 0 radical (unpaired) electrons. The van der Waals surface area contributed by atoms with Crippen LogP contribution in [0.2, 0.25) is 5.02 Å². The summed E-state index contributed by atoms with van der Waals surface area (Å²) < 4.78 is 2.07. The number of hydrogen-bond donors (Lipinski definition) is 1. The summed E-state index contributed by atoms with van der Waals surface area (Å²) in [5, 5.41) is 3.98. The molecule has 1 fully saturated rings. The van der Waals surface area contributed by atoms with E-state index >= 15 is 0 Å². The van der Waals surface area contributed by atoms with E-state index in [0.29, 0.717) is 17.3 Å². The van der Waals surface area contributed by atoms with Crippen molar-refractivity contribution in [3.8, 4) is 0 Å². The number of halogens is 1. The Morgan fingerprint density at radius 1 is 1.00 bits per heavy atom. The van der Waals surface area contributed by atoms with E-state index in [1.54, 1.807) is 12.1 Å². The molecule has 0 atom stereocenters. The van der Waals surface area contributed by atoms with Crippen molar-refractivity contribution in [2.45, 2.75) is 20.4 Å². The minimum Gasteiger partial charge on any atom is -0.342 e. The van der Waals surface area contributed by atoms with Gasteiger partial charge in [0.2, 0.25) is 5.91 Å². The largest absolute Gasteiger partial charge is 0.342 e. The van der Waals surface area contributed by atoms with E-state index in [1.165, 1.54) is 0 Å². The summed E-state index contributed by atoms with van der Waals surface area (Å²) in [6.07, 6.45) is 3.67. The van der Waals surface area contributed by atoms with Gasteiger partial charge in [-0.1, -0.05) is 60.1 Å². The standard InChI is InChI=1S/C29H24ClN3O3S/c1-18-8-7-12-24(19(18)2)31-27(34)17-33-28(35)26(37-29(33)36)14-21-16-32(25-13-6-4-10-22(21)25)15-20-9-3-5-11-23(20)30/h3-14,16H,15,17H2,1-2H3,(H,31,34)/b26-14+. The van der Waals surface area contributed by atoms with Crippen LogP contribution in [0.5, 0.6) is 0 Å². The molecule has 4 aromatic rings. The number of fused-ring (bicyclic) bond motifs is 1. The van der Waals surface area contributed by atoms with E-state index in [1.807, 2.05) is 80.7 Å². The van der Waals surface area contributed by atoms with Crippen LogP contribution in [-0.2, 0) is 16.1 Å². The molecule has 0 bridgehead atoms. The molecule has 0 aliphatic carbocycles. The molecule has 3 aromatic carbocycles. The normalized spacial score (nSPS) is 14.7. The van der Waals surface area contributed by atoms with Crippen molar-refractivity contribution in [2.75, 3.05) is 11.9 Å². The number of hydrogen-bond acceptors (Lipinski definition) is 4. The number of carbonyl (C=O) groups excluding carboxylic acids is 3. The van der Waals surface area contributed by atoms with E-state index in [4.69, 9.17) is 11.6 Å². The van der Waals surface area contributed by atoms with Crippen LogP contribution >= 0.6 is 23.4 Å². The summed E-state index contributed by atoms with van der Waals surface area (Å²) in [7, 11) is 0. The molecular weight excluding hydrogens is 506 g/mol. The maximum atomic E-state index is 13.1. The van der Waals surface area contributed by atoms with Crippen LogP contribution in [0.4, 0.5) is 10.5 Å². The van der Waals surface area contributed by atoms with Gasteiger partial charge in [-0.05, 0) is 66.6 Å². The molecule has 1 saturated heterocycles. The van der Waals surface area contributed by atoms with Crippen molar-refractivity contribution in [2.24, 2.45) is 0 Å². The minimum atomic E-state index is -0.478. The molecule has 3 amide bonds. The Labute approximate surface area is 223 Å². The molecule has 6 nitrogen and oxygen atoms in total. The van der Waals surface area contributed by atoms with E-state index in [-0.39, 0.29) is 11.4 Å². The lowest BCUT2D eigenvalue weighted by atomic mass is 10.1. The fraction of sp³-hybridized carbons (Fsp3) is 0.138. The molecule has 1 aliphatic heterocycles. The van der Waals surface area contributed by atoms with Gasteiger partial charge in [0.05, 0.1) is 4.91 Å². The predicted molar refractivity (Wildman–Crippen MR) is 150 cm³/mol. The molecule has 5 rings (SSSR count). The van der Waals surface area contributed by atoms with E-state index in [2.05, 4.69) is 9.88 Å². The van der Waals surface area contributed by atoms with Gasteiger partial charge in [0.25, 0.3) is 11.1 Å². The van der Waals surface area contributed by atoms with Crippen LogP contribution < -0.4 is 5.32 Å². The molecule has 0 saturated carbocycles. The first kappa shape index (κ1) is 24.9. The summed E-state index contributed by atoms with van der Waals surface area (Å²) in [6, 6.07) is 21.2. The number of rotatable bonds is 6. The summed E-state index contributed by atoms with van der Waals surface area (Å²) in [5.74, 6) is -0.900. The Morgan fingerprint density at radius 3 is 2.57 bits per heavy atom. The van der Waals surface area contributed by atoms with Crippen LogP contribution in [0.15, 0.2) is 77.8 Å². The maximum absolute atomic E-state index is 13.1. The highest BCUT2D eigenvalue weighted by molar-refractivity contribution is 8.18. The third-order valence-electron chi connectivity index (χ3n) is 6.46. The quantitative estimate of drug-likeness (QED) is 0.284. The van der Waals surface area contributed by atoms with Crippen molar-refractivity contribution in [1.82, 2.24) is 9.47 Å². The molecule has 1 N–H and O–H groups in total. The first-order valence-electron chi connectivity index (χ1n) is 11.7. The van der Waals surface area contributed by atoms with Crippen LogP contribution in [0, 0.1) is 13.8 Å². The van der Waals surface area contributed by atoms with Gasteiger partial charge in [-0.15, -0.1) is 0 Å². The van der Waals surface area contributed by atoms with Crippen LogP contribution in [0.3, 0.4) is 0 Å². The summed E-state index contributed by atoms with van der Waals surface area (Å²) in [4.78, 5) is 39.7. The van der Waals surface area contributed by atoms with Crippen molar-refractivity contribution in [3.05, 3.63) is 105 Å². The zero-order chi connectivity index (χ0) is 26.1. The number of imide groups is 1. The predicted octanol–water partition coefficient (Wildman–Crippen LogP) is 6.63. The van der Waals surface area contributed by atoms with Crippen molar-refractivity contribution >= 4 is 63.1 Å². The number of anilines is 1. The van der Waals surface area contributed by atoms with E-state index in [9.17, 15) is 14.4 Å². The van der Waals surface area contributed by atoms with Crippen LogP contribution in [0.25, 0.3) is 17.0 Å². The Balaban J connectivity index is 1.38. The summed E-state index contributed by atoms with van der Waals surface area (Å²) in [6.45, 7) is 4.09. The smallest absolute Gasteiger partial charge is 0.294 e. The molecule has 1 aromatic heterocycles. The molecule has 2 heterocycles. The zero-order valence-corrected chi connectivity index (χ0v) is 21.9. The Bertz CT molecular complexity index is 1590. The lowest BCUT2D eigenvalue weighted by Gasteiger charge is -2.14. The Morgan fingerprint density at radius 2 is 1.76 bits per heavy atom. The number of nitrogens with one attached hydrogen (secondary N) is 1. The van der Waals surface area contributed by atoms with E-state index in [0.717, 1.165) is 49.8 Å².